The average molecular weight is 397 g/mol. The Morgan fingerprint density at radius 1 is 0.556 bits per heavy atom. The third-order valence-electron chi connectivity index (χ3n) is 5.28. The van der Waals surface area contributed by atoms with E-state index < -0.39 is 0 Å². The molecule has 3 heteroatoms. The first kappa shape index (κ1) is 26.4. The quantitative estimate of drug-likeness (QED) is 0.278. The van der Waals surface area contributed by atoms with E-state index in [1.54, 1.807) is 0 Å². The van der Waals surface area contributed by atoms with Crippen molar-refractivity contribution in [2.45, 2.75) is 116 Å². The molecule has 0 saturated heterocycles. The predicted molar refractivity (Wildman–Crippen MR) is 114 cm³/mol. The lowest BCUT2D eigenvalue weighted by Crippen LogP contribution is -3.00. The molecule has 0 aliphatic rings. The number of hydrogen-bond donors (Lipinski definition) is 1. The lowest BCUT2D eigenvalue weighted by molar-refractivity contribution is -0.701. The predicted octanol–water partition coefficient (Wildman–Crippen LogP) is 3.79. The summed E-state index contributed by atoms with van der Waals surface area (Å²) in [5.74, 6) is 0. The molecule has 0 unspecified atom stereocenters. The highest BCUT2D eigenvalue weighted by atomic mass is 35.5. The molecule has 1 aromatic heterocycles. The van der Waals surface area contributed by atoms with Gasteiger partial charge in [0.25, 0.3) is 0 Å². The zero-order valence-corrected chi connectivity index (χ0v) is 18.7. The van der Waals surface area contributed by atoms with Gasteiger partial charge in [-0.05, 0) is 6.42 Å². The Morgan fingerprint density at radius 2 is 0.963 bits per heavy atom. The Labute approximate surface area is 175 Å². The smallest absolute Gasteiger partial charge is 0.202 e. The number of rotatable bonds is 19. The van der Waals surface area contributed by atoms with Gasteiger partial charge in [-0.15, -0.1) is 0 Å². The summed E-state index contributed by atoms with van der Waals surface area (Å²) in [6, 6.07) is 6.22. The molecule has 0 amide bonds. The van der Waals surface area contributed by atoms with Gasteiger partial charge in [0.1, 0.15) is 0 Å². The standard InChI is InChI=1S/C24H45N2.ClH/c1-2-3-4-5-6-7-8-9-10-11-12-13-14-15-16-18-21-25-24-26-22-19-17-20-23-26;/h17,19-20,22-23,25H,2-16,18,21,24H2,1H3;1H/q+1;/p-1. The Bertz CT molecular complexity index is 383. The number of nitrogens with one attached hydrogen (secondary N) is 1. The highest BCUT2D eigenvalue weighted by Crippen LogP contribution is 2.13. The highest BCUT2D eigenvalue weighted by Gasteiger charge is 1.97. The van der Waals surface area contributed by atoms with Crippen LogP contribution in [0.2, 0.25) is 0 Å². The van der Waals surface area contributed by atoms with Crippen LogP contribution in [-0.2, 0) is 6.67 Å². The molecule has 158 valence electrons. The summed E-state index contributed by atoms with van der Waals surface area (Å²) in [6.45, 7) is 4.36. The van der Waals surface area contributed by atoms with Crippen LogP contribution < -0.4 is 22.3 Å². The summed E-state index contributed by atoms with van der Waals surface area (Å²) in [5, 5.41) is 3.51. The van der Waals surface area contributed by atoms with Crippen molar-refractivity contribution in [3.8, 4) is 0 Å². The van der Waals surface area contributed by atoms with Gasteiger partial charge in [-0.25, -0.2) is 0 Å². The zero-order chi connectivity index (χ0) is 18.5. The van der Waals surface area contributed by atoms with E-state index in [0.717, 1.165) is 13.2 Å². The molecular formula is C24H45ClN2. The molecule has 0 atom stereocenters. The fourth-order valence-corrected chi connectivity index (χ4v) is 3.55. The minimum absolute atomic E-state index is 0. The van der Waals surface area contributed by atoms with Gasteiger partial charge in [0.15, 0.2) is 12.4 Å². The molecular weight excluding hydrogens is 352 g/mol. The Balaban J connectivity index is 0.00000676. The van der Waals surface area contributed by atoms with E-state index in [0.29, 0.717) is 0 Å². The van der Waals surface area contributed by atoms with Crippen molar-refractivity contribution in [3.63, 3.8) is 0 Å². The van der Waals surface area contributed by atoms with Gasteiger partial charge in [-0.1, -0.05) is 109 Å². The van der Waals surface area contributed by atoms with Crippen molar-refractivity contribution in [2.24, 2.45) is 0 Å². The summed E-state index contributed by atoms with van der Waals surface area (Å²) >= 11 is 0. The fourth-order valence-electron chi connectivity index (χ4n) is 3.55. The second-order valence-electron chi connectivity index (χ2n) is 7.85. The van der Waals surface area contributed by atoms with E-state index in [4.69, 9.17) is 0 Å². The minimum Gasteiger partial charge on any atom is -1.00 e. The minimum atomic E-state index is 0. The number of unbranched alkanes of at least 4 members (excludes halogenated alkanes) is 15. The van der Waals surface area contributed by atoms with Crippen LogP contribution in [0, 0.1) is 0 Å². The first-order chi connectivity index (χ1) is 12.9. The summed E-state index contributed by atoms with van der Waals surface area (Å²) < 4.78 is 2.19. The molecule has 0 bridgehead atoms. The maximum absolute atomic E-state index is 3.51. The van der Waals surface area contributed by atoms with Crippen molar-refractivity contribution >= 4 is 0 Å². The lowest BCUT2D eigenvalue weighted by atomic mass is 10.0. The maximum Gasteiger partial charge on any atom is 0.202 e. The van der Waals surface area contributed by atoms with Crippen LogP contribution in [0.5, 0.6) is 0 Å². The number of nitrogens with zero attached hydrogens (tertiary/aromatic N) is 1. The van der Waals surface area contributed by atoms with E-state index in [-0.39, 0.29) is 12.4 Å². The topological polar surface area (TPSA) is 15.9 Å². The van der Waals surface area contributed by atoms with Crippen molar-refractivity contribution in [1.29, 1.82) is 0 Å². The number of hydrogen-bond acceptors (Lipinski definition) is 1. The molecule has 0 aromatic carbocycles. The van der Waals surface area contributed by atoms with Crippen LogP contribution >= 0.6 is 0 Å². The van der Waals surface area contributed by atoms with Crippen molar-refractivity contribution in [2.75, 3.05) is 6.54 Å². The lowest BCUT2D eigenvalue weighted by Gasteiger charge is -2.04. The summed E-state index contributed by atoms with van der Waals surface area (Å²) in [6.07, 6.45) is 27.2. The number of halogens is 1. The van der Waals surface area contributed by atoms with Gasteiger partial charge >= 0.3 is 0 Å². The van der Waals surface area contributed by atoms with Gasteiger partial charge in [-0.2, -0.15) is 4.57 Å². The van der Waals surface area contributed by atoms with Crippen LogP contribution in [0.4, 0.5) is 0 Å². The normalized spacial score (nSPS) is 10.7. The van der Waals surface area contributed by atoms with E-state index >= 15 is 0 Å². The second-order valence-corrected chi connectivity index (χ2v) is 7.85. The first-order valence-corrected chi connectivity index (χ1v) is 11.6. The van der Waals surface area contributed by atoms with E-state index in [1.807, 2.05) is 0 Å². The van der Waals surface area contributed by atoms with Crippen LogP contribution in [0.15, 0.2) is 30.6 Å². The molecule has 0 radical (unpaired) electrons. The van der Waals surface area contributed by atoms with Crippen LogP contribution in [-0.4, -0.2) is 6.54 Å². The zero-order valence-electron chi connectivity index (χ0n) is 17.9. The monoisotopic (exact) mass is 396 g/mol. The third-order valence-corrected chi connectivity index (χ3v) is 5.28. The Morgan fingerprint density at radius 3 is 1.41 bits per heavy atom. The molecule has 0 spiro atoms. The van der Waals surface area contributed by atoms with E-state index in [2.05, 4.69) is 47.4 Å². The first-order valence-electron chi connectivity index (χ1n) is 11.6. The molecule has 1 N–H and O–H groups in total. The largest absolute Gasteiger partial charge is 1.00 e. The molecule has 0 aliphatic heterocycles. The third kappa shape index (κ3) is 18.5. The van der Waals surface area contributed by atoms with Crippen LogP contribution in [0.25, 0.3) is 0 Å². The summed E-state index contributed by atoms with van der Waals surface area (Å²) in [7, 11) is 0. The van der Waals surface area contributed by atoms with E-state index in [9.17, 15) is 0 Å². The number of pyridine rings is 1. The Hall–Kier alpha value is -0.600. The van der Waals surface area contributed by atoms with E-state index in [1.165, 1.54) is 103 Å². The summed E-state index contributed by atoms with van der Waals surface area (Å²) in [5.41, 5.74) is 0. The molecule has 1 aromatic rings. The fraction of sp³-hybridized carbons (Fsp3) is 0.792. The van der Waals surface area contributed by atoms with Gasteiger partial charge in [-0.3, -0.25) is 5.32 Å². The molecule has 0 fully saturated rings. The van der Waals surface area contributed by atoms with Crippen molar-refractivity contribution in [3.05, 3.63) is 30.6 Å². The molecule has 1 heterocycles. The molecule has 0 saturated carbocycles. The van der Waals surface area contributed by atoms with Crippen molar-refractivity contribution < 1.29 is 17.0 Å². The highest BCUT2D eigenvalue weighted by molar-refractivity contribution is 4.83. The van der Waals surface area contributed by atoms with Gasteiger partial charge in [0, 0.05) is 18.7 Å². The molecule has 27 heavy (non-hydrogen) atoms. The number of aromatic nitrogens is 1. The molecule has 2 nitrogen and oxygen atoms in total. The van der Waals surface area contributed by atoms with Gasteiger partial charge in [0.05, 0.1) is 0 Å². The maximum atomic E-state index is 3.51. The molecule has 0 aliphatic carbocycles. The van der Waals surface area contributed by atoms with Crippen LogP contribution in [0.3, 0.4) is 0 Å². The van der Waals surface area contributed by atoms with Gasteiger partial charge in [0.2, 0.25) is 6.67 Å². The SMILES string of the molecule is CCCCCCCCCCCCCCCCCCNC[n+]1ccccc1.[Cl-]. The Kier molecular flexibility index (Phi) is 21.2. The summed E-state index contributed by atoms with van der Waals surface area (Å²) in [4.78, 5) is 0. The average Bonchev–Trinajstić information content (AvgIpc) is 2.68. The molecule has 1 rings (SSSR count). The van der Waals surface area contributed by atoms with Crippen LogP contribution in [0.1, 0.15) is 110 Å². The van der Waals surface area contributed by atoms with Gasteiger partial charge < -0.3 is 12.4 Å². The van der Waals surface area contributed by atoms with Crippen molar-refractivity contribution in [1.82, 2.24) is 5.32 Å². The second kappa shape index (κ2) is 21.7.